The van der Waals surface area contributed by atoms with Gasteiger partial charge in [0.25, 0.3) is 11.2 Å². The number of nitro benzene ring substituents is 1. The average molecular weight is 498 g/mol. The molecule has 0 saturated carbocycles. The smallest absolute Gasteiger partial charge is 0.274 e. The van der Waals surface area contributed by atoms with Crippen LogP contribution in [0.5, 0.6) is 5.75 Å². The van der Waals surface area contributed by atoms with Gasteiger partial charge in [-0.2, -0.15) is 0 Å². The predicted octanol–water partition coefficient (Wildman–Crippen LogP) is 5.25. The first-order valence-electron chi connectivity index (χ1n) is 9.67. The van der Waals surface area contributed by atoms with E-state index in [9.17, 15) is 14.9 Å². The van der Waals surface area contributed by atoms with Gasteiger partial charge in [0, 0.05) is 33.3 Å². The molecule has 0 aliphatic heterocycles. The lowest BCUT2D eigenvalue weighted by Gasteiger charge is -2.10. The Bertz CT molecular complexity index is 1660. The number of imidazole rings is 1. The summed E-state index contributed by atoms with van der Waals surface area (Å²) in [5.74, 6) is 0.377. The zero-order valence-corrected chi connectivity index (χ0v) is 19.0. The molecule has 0 aliphatic rings. The minimum absolute atomic E-state index is 0.114. The molecule has 0 unspecified atom stereocenters. The maximum absolute atomic E-state index is 13.1. The van der Waals surface area contributed by atoms with Gasteiger partial charge >= 0.3 is 0 Å². The van der Waals surface area contributed by atoms with Gasteiger partial charge in [-0.3, -0.25) is 14.9 Å². The molecule has 10 heteroatoms. The number of halogens is 2. The van der Waals surface area contributed by atoms with Gasteiger partial charge < -0.3 is 4.74 Å². The van der Waals surface area contributed by atoms with Crippen LogP contribution in [-0.2, 0) is 6.61 Å². The number of nitrogens with zero attached hydrogens (tertiary/aromatic N) is 3. The Hall–Kier alpha value is -3.46. The molecule has 5 aromatic rings. The lowest BCUT2D eigenvalue weighted by Crippen LogP contribution is -2.22. The quantitative estimate of drug-likeness (QED) is 0.244. The average Bonchev–Trinajstić information content (AvgIpc) is 3.30. The van der Waals surface area contributed by atoms with E-state index in [1.54, 1.807) is 24.3 Å². The Kier molecular flexibility index (Phi) is 5.49. The highest BCUT2D eigenvalue weighted by molar-refractivity contribution is 7.15. The van der Waals surface area contributed by atoms with Crippen LogP contribution < -0.4 is 14.8 Å². The summed E-state index contributed by atoms with van der Waals surface area (Å²) in [5, 5.41) is 12.3. The van der Waals surface area contributed by atoms with Crippen LogP contribution in [-0.4, -0.2) is 14.3 Å². The van der Waals surface area contributed by atoms with Crippen molar-refractivity contribution in [1.82, 2.24) is 9.38 Å². The van der Waals surface area contributed by atoms with E-state index in [0.29, 0.717) is 41.9 Å². The van der Waals surface area contributed by atoms with Crippen molar-refractivity contribution in [2.45, 2.75) is 6.61 Å². The number of rotatable bonds is 5. The third-order valence-electron chi connectivity index (χ3n) is 5.03. The maximum atomic E-state index is 13.1. The number of fused-ring (bicyclic) bond motifs is 3. The Morgan fingerprint density at radius 2 is 1.94 bits per heavy atom. The molecular formula is C23H13Cl2N3O4S. The SMILES string of the molecule is O=c1/c(=C/c2cc([N+](=O)[O-])ccc2OCc2ccc(Cl)cc2Cl)sc2nc3ccccc3n12. The minimum Gasteiger partial charge on any atom is -0.488 e. The van der Waals surface area contributed by atoms with Crippen LogP contribution in [0, 0.1) is 10.1 Å². The third kappa shape index (κ3) is 4.04. The first-order chi connectivity index (χ1) is 15.9. The second-order valence-corrected chi connectivity index (χ2v) is 8.99. The van der Waals surface area contributed by atoms with Crippen molar-refractivity contribution in [1.29, 1.82) is 0 Å². The second-order valence-electron chi connectivity index (χ2n) is 7.14. The largest absolute Gasteiger partial charge is 0.488 e. The molecule has 0 amide bonds. The fourth-order valence-corrected chi connectivity index (χ4v) is 4.88. The molecule has 0 atom stereocenters. The summed E-state index contributed by atoms with van der Waals surface area (Å²) in [5.41, 5.74) is 2.18. The van der Waals surface area contributed by atoms with Crippen molar-refractivity contribution in [2.75, 3.05) is 0 Å². The molecule has 2 heterocycles. The van der Waals surface area contributed by atoms with E-state index in [0.717, 1.165) is 5.52 Å². The molecule has 0 bridgehead atoms. The van der Waals surface area contributed by atoms with Gasteiger partial charge in [-0.25, -0.2) is 9.38 Å². The molecule has 5 rings (SSSR count). The van der Waals surface area contributed by atoms with Crippen LogP contribution in [0.3, 0.4) is 0 Å². The highest BCUT2D eigenvalue weighted by Gasteiger charge is 2.14. The lowest BCUT2D eigenvalue weighted by molar-refractivity contribution is -0.384. The normalized spacial score (nSPS) is 12.0. The van der Waals surface area contributed by atoms with Crippen LogP contribution >= 0.6 is 34.5 Å². The van der Waals surface area contributed by atoms with Crippen molar-refractivity contribution in [3.63, 3.8) is 0 Å². The Morgan fingerprint density at radius 3 is 2.73 bits per heavy atom. The molecule has 0 saturated heterocycles. The van der Waals surface area contributed by atoms with Gasteiger partial charge in [-0.15, -0.1) is 0 Å². The zero-order valence-electron chi connectivity index (χ0n) is 16.7. The monoisotopic (exact) mass is 497 g/mol. The fraction of sp³-hybridized carbons (Fsp3) is 0.0435. The summed E-state index contributed by atoms with van der Waals surface area (Å²) in [6, 6.07) is 16.6. The molecule has 164 valence electrons. The molecule has 0 N–H and O–H groups in total. The topological polar surface area (TPSA) is 86.7 Å². The number of non-ortho nitro benzene ring substituents is 1. The molecule has 3 aromatic carbocycles. The van der Waals surface area contributed by atoms with Crippen molar-refractivity contribution in [3.05, 3.63) is 107 Å². The molecule has 7 nitrogen and oxygen atoms in total. The van der Waals surface area contributed by atoms with Gasteiger partial charge in [-0.1, -0.05) is 52.7 Å². The standard InChI is InChI=1S/C23H13Cl2N3O4S/c24-15-6-5-13(17(25)11-15)12-32-20-8-7-16(28(30)31)9-14(20)10-21-22(29)27-19-4-2-1-3-18(19)26-23(27)33-21/h1-11H,12H2/b21-10-. The summed E-state index contributed by atoms with van der Waals surface area (Å²) >= 11 is 13.4. The molecule has 0 radical (unpaired) electrons. The summed E-state index contributed by atoms with van der Waals surface area (Å²) in [7, 11) is 0. The molecule has 2 aromatic heterocycles. The summed E-state index contributed by atoms with van der Waals surface area (Å²) in [4.78, 5) is 29.0. The molecular weight excluding hydrogens is 485 g/mol. The van der Waals surface area contributed by atoms with E-state index >= 15 is 0 Å². The molecule has 0 spiro atoms. The molecule has 0 aliphatic carbocycles. The minimum atomic E-state index is -0.496. The number of para-hydroxylation sites is 2. The summed E-state index contributed by atoms with van der Waals surface area (Å²) < 4.78 is 7.84. The van der Waals surface area contributed by atoms with Crippen LogP contribution in [0.25, 0.3) is 22.1 Å². The number of benzene rings is 3. The van der Waals surface area contributed by atoms with Gasteiger partial charge in [0.1, 0.15) is 12.4 Å². The van der Waals surface area contributed by atoms with Crippen LogP contribution in [0.15, 0.2) is 65.5 Å². The van der Waals surface area contributed by atoms with Gasteiger partial charge in [0.15, 0.2) is 4.96 Å². The first kappa shape index (κ1) is 21.4. The zero-order chi connectivity index (χ0) is 23.1. The van der Waals surface area contributed by atoms with E-state index in [1.165, 1.54) is 33.9 Å². The summed E-state index contributed by atoms with van der Waals surface area (Å²) in [6.45, 7) is 0.122. The number of thiazole rings is 1. The number of hydrogen-bond donors (Lipinski definition) is 0. The highest BCUT2D eigenvalue weighted by atomic mass is 35.5. The fourth-order valence-electron chi connectivity index (χ4n) is 3.44. The second kappa shape index (κ2) is 8.47. The first-order valence-corrected chi connectivity index (χ1v) is 11.2. The third-order valence-corrected chi connectivity index (χ3v) is 6.59. The predicted molar refractivity (Wildman–Crippen MR) is 130 cm³/mol. The Labute approximate surface area is 200 Å². The van der Waals surface area contributed by atoms with Crippen molar-refractivity contribution < 1.29 is 9.66 Å². The number of ether oxygens (including phenoxy) is 1. The Morgan fingerprint density at radius 1 is 1.12 bits per heavy atom. The van der Waals surface area contributed by atoms with Gasteiger partial charge in [0.2, 0.25) is 0 Å². The number of nitro groups is 1. The molecule has 33 heavy (non-hydrogen) atoms. The van der Waals surface area contributed by atoms with E-state index < -0.39 is 4.92 Å². The van der Waals surface area contributed by atoms with E-state index in [1.807, 2.05) is 24.3 Å². The summed E-state index contributed by atoms with van der Waals surface area (Å²) in [6.07, 6.45) is 1.59. The highest BCUT2D eigenvalue weighted by Crippen LogP contribution is 2.28. The lowest BCUT2D eigenvalue weighted by atomic mass is 10.1. The van der Waals surface area contributed by atoms with Crippen LogP contribution in [0.4, 0.5) is 5.69 Å². The van der Waals surface area contributed by atoms with E-state index in [2.05, 4.69) is 4.98 Å². The van der Waals surface area contributed by atoms with Crippen LogP contribution in [0.1, 0.15) is 11.1 Å². The Balaban J connectivity index is 1.59. The van der Waals surface area contributed by atoms with Crippen LogP contribution in [0.2, 0.25) is 10.0 Å². The maximum Gasteiger partial charge on any atom is 0.274 e. The van der Waals surface area contributed by atoms with E-state index in [-0.39, 0.29) is 17.9 Å². The van der Waals surface area contributed by atoms with Gasteiger partial charge in [0.05, 0.1) is 20.5 Å². The van der Waals surface area contributed by atoms with Gasteiger partial charge in [-0.05, 0) is 36.4 Å². The van der Waals surface area contributed by atoms with Crippen molar-refractivity contribution in [3.8, 4) is 5.75 Å². The van der Waals surface area contributed by atoms with E-state index in [4.69, 9.17) is 27.9 Å². The van der Waals surface area contributed by atoms with Crippen molar-refractivity contribution in [2.24, 2.45) is 0 Å². The van der Waals surface area contributed by atoms with Crippen molar-refractivity contribution >= 4 is 62.3 Å². The number of aromatic nitrogens is 2. The number of hydrogen-bond acceptors (Lipinski definition) is 6. The molecule has 0 fully saturated rings.